The highest BCUT2D eigenvalue weighted by Crippen LogP contribution is 2.23. The van der Waals surface area contributed by atoms with E-state index in [1.165, 1.54) is 6.21 Å². The summed E-state index contributed by atoms with van der Waals surface area (Å²) in [6.07, 6.45) is 4.19. The Morgan fingerprint density at radius 3 is 3.04 bits per heavy atom. The molecule has 0 saturated carbocycles. The van der Waals surface area contributed by atoms with Gasteiger partial charge in [-0.25, -0.2) is 0 Å². The molecule has 4 N–H and O–H groups in total. The van der Waals surface area contributed by atoms with Gasteiger partial charge in [-0.2, -0.15) is 9.97 Å². The first-order valence-electron chi connectivity index (χ1n) is 8.52. The lowest BCUT2D eigenvalue weighted by atomic mass is 10.2. The zero-order valence-corrected chi connectivity index (χ0v) is 14.9. The molecule has 134 valence electrons. The van der Waals surface area contributed by atoms with E-state index in [4.69, 9.17) is 10.1 Å². The zero-order chi connectivity index (χ0) is 17.8. The predicted molar refractivity (Wildman–Crippen MR) is 99.2 cm³/mol. The number of anilines is 1. The molecule has 1 fully saturated rings. The maximum absolute atomic E-state index is 7.73. The number of nitrogens with one attached hydrogen (secondary N) is 4. The Morgan fingerprint density at radius 2 is 2.36 bits per heavy atom. The number of allylic oxidation sites excluding steroid dienone is 2. The molecule has 25 heavy (non-hydrogen) atoms. The number of hydrogen-bond donors (Lipinski definition) is 4. The van der Waals surface area contributed by atoms with E-state index in [9.17, 15) is 0 Å². The molecule has 0 aliphatic carbocycles. The molecule has 2 aromatic rings. The van der Waals surface area contributed by atoms with Gasteiger partial charge in [0.25, 0.3) is 0 Å². The van der Waals surface area contributed by atoms with Gasteiger partial charge in [0.15, 0.2) is 0 Å². The lowest BCUT2D eigenvalue weighted by molar-refractivity contribution is 0.331. The summed E-state index contributed by atoms with van der Waals surface area (Å²) in [5.74, 6) is 0.935. The lowest BCUT2D eigenvalue weighted by Gasteiger charge is -2.17. The van der Waals surface area contributed by atoms with E-state index in [1.54, 1.807) is 0 Å². The first-order chi connectivity index (χ1) is 12.1. The highest BCUT2D eigenvalue weighted by atomic mass is 16.5. The molecule has 1 saturated heterocycles. The van der Waals surface area contributed by atoms with Crippen LogP contribution in [0.5, 0.6) is 5.88 Å². The van der Waals surface area contributed by atoms with Crippen molar-refractivity contribution in [3.63, 3.8) is 0 Å². The van der Waals surface area contributed by atoms with Crippen LogP contribution in [0.1, 0.15) is 20.3 Å². The third-order valence-electron chi connectivity index (χ3n) is 4.27. The van der Waals surface area contributed by atoms with E-state index in [0.29, 0.717) is 35.8 Å². The molecule has 3 rings (SSSR count). The molecular formula is C17H25N7O. The molecule has 0 amide bonds. The predicted octanol–water partition coefficient (Wildman–Crippen LogP) is 1.94. The van der Waals surface area contributed by atoms with E-state index in [0.717, 1.165) is 30.6 Å². The van der Waals surface area contributed by atoms with E-state index in [2.05, 4.69) is 37.5 Å². The summed E-state index contributed by atoms with van der Waals surface area (Å²) >= 11 is 0. The quantitative estimate of drug-likeness (QED) is 0.573. The van der Waals surface area contributed by atoms with Crippen LogP contribution in [0.2, 0.25) is 0 Å². The SMILES string of the molecule is CCOc1nc(N/C(C=N)=C(\C)NC2CCN(C)C2)nc2[nH]ccc12. The summed E-state index contributed by atoms with van der Waals surface area (Å²) in [7, 11) is 2.12. The molecular weight excluding hydrogens is 318 g/mol. The van der Waals surface area contributed by atoms with Crippen LogP contribution in [-0.2, 0) is 0 Å². The van der Waals surface area contributed by atoms with Crippen molar-refractivity contribution in [1.29, 1.82) is 5.41 Å². The summed E-state index contributed by atoms with van der Waals surface area (Å²) in [4.78, 5) is 14.3. The molecule has 8 heteroatoms. The lowest BCUT2D eigenvalue weighted by Crippen LogP contribution is -2.31. The molecule has 1 aliphatic heterocycles. The number of ether oxygens (including phenoxy) is 1. The number of likely N-dealkylation sites (tertiary alicyclic amines) is 1. The monoisotopic (exact) mass is 343 g/mol. The van der Waals surface area contributed by atoms with Crippen LogP contribution >= 0.6 is 0 Å². The summed E-state index contributed by atoms with van der Waals surface area (Å²) in [5.41, 5.74) is 2.25. The first kappa shape index (κ1) is 17.2. The van der Waals surface area contributed by atoms with Crippen molar-refractivity contribution >= 4 is 23.2 Å². The van der Waals surface area contributed by atoms with Gasteiger partial charge in [0.1, 0.15) is 5.65 Å². The van der Waals surface area contributed by atoms with Crippen LogP contribution in [0, 0.1) is 5.41 Å². The number of aromatic amines is 1. The Balaban J connectivity index is 1.82. The number of H-pyrrole nitrogens is 1. The van der Waals surface area contributed by atoms with Crippen molar-refractivity contribution in [1.82, 2.24) is 25.2 Å². The van der Waals surface area contributed by atoms with Gasteiger partial charge in [-0.1, -0.05) is 0 Å². The average Bonchev–Trinajstić information content (AvgIpc) is 3.21. The van der Waals surface area contributed by atoms with E-state index < -0.39 is 0 Å². The van der Waals surface area contributed by atoms with Crippen molar-refractivity contribution in [3.05, 3.63) is 23.7 Å². The van der Waals surface area contributed by atoms with Gasteiger partial charge in [-0.15, -0.1) is 0 Å². The normalized spacial score (nSPS) is 18.9. The molecule has 0 spiro atoms. The molecule has 8 nitrogen and oxygen atoms in total. The number of aromatic nitrogens is 3. The third kappa shape index (κ3) is 3.90. The van der Waals surface area contributed by atoms with Crippen LogP contribution < -0.4 is 15.4 Å². The largest absolute Gasteiger partial charge is 0.477 e. The maximum Gasteiger partial charge on any atom is 0.232 e. The van der Waals surface area contributed by atoms with Crippen LogP contribution in [0.25, 0.3) is 11.0 Å². The summed E-state index contributed by atoms with van der Waals surface area (Å²) in [6, 6.07) is 2.29. The second-order valence-electron chi connectivity index (χ2n) is 6.23. The Labute approximate surface area is 147 Å². The molecule has 1 atom stereocenters. The van der Waals surface area contributed by atoms with Gasteiger partial charge >= 0.3 is 0 Å². The van der Waals surface area contributed by atoms with Gasteiger partial charge < -0.3 is 30.7 Å². The molecule has 2 aromatic heterocycles. The van der Waals surface area contributed by atoms with Crippen LogP contribution in [-0.4, -0.2) is 58.9 Å². The zero-order valence-electron chi connectivity index (χ0n) is 14.9. The highest BCUT2D eigenvalue weighted by molar-refractivity contribution is 5.84. The number of hydrogen-bond acceptors (Lipinski definition) is 7. The maximum atomic E-state index is 7.73. The fourth-order valence-corrected chi connectivity index (χ4v) is 3.01. The topological polar surface area (TPSA) is 102 Å². The Bertz CT molecular complexity index is 782. The molecule has 1 aliphatic rings. The molecule has 1 unspecified atom stereocenters. The molecule has 0 radical (unpaired) electrons. The minimum absolute atomic E-state index is 0.396. The van der Waals surface area contributed by atoms with Crippen molar-refractivity contribution < 1.29 is 4.74 Å². The standard InChI is InChI=1S/C17H25N7O/c1-4-25-16-13-5-7-19-15(13)22-17(23-16)21-14(9-18)11(2)20-12-6-8-24(3)10-12/h5,7,9,12,18,20H,4,6,8,10H2,1-3H3,(H2,19,21,22,23)/b14-11+,18-9?. The summed E-state index contributed by atoms with van der Waals surface area (Å²) < 4.78 is 5.61. The van der Waals surface area contributed by atoms with Gasteiger partial charge in [-0.05, 0) is 39.9 Å². The van der Waals surface area contributed by atoms with Crippen LogP contribution in [0.4, 0.5) is 5.95 Å². The van der Waals surface area contributed by atoms with Gasteiger partial charge in [0.2, 0.25) is 11.8 Å². The summed E-state index contributed by atoms with van der Waals surface area (Å²) in [5, 5.41) is 15.2. The second-order valence-corrected chi connectivity index (χ2v) is 6.23. The molecule has 0 aromatic carbocycles. The van der Waals surface area contributed by atoms with Crippen molar-refractivity contribution in [2.45, 2.75) is 26.3 Å². The van der Waals surface area contributed by atoms with Crippen molar-refractivity contribution in [2.24, 2.45) is 0 Å². The number of fused-ring (bicyclic) bond motifs is 1. The van der Waals surface area contributed by atoms with Crippen molar-refractivity contribution in [2.75, 3.05) is 32.1 Å². The second kappa shape index (κ2) is 7.52. The first-order valence-corrected chi connectivity index (χ1v) is 8.52. The van der Waals surface area contributed by atoms with Crippen LogP contribution in [0.3, 0.4) is 0 Å². The van der Waals surface area contributed by atoms with E-state index in [1.807, 2.05) is 26.1 Å². The van der Waals surface area contributed by atoms with E-state index in [-0.39, 0.29) is 0 Å². The average molecular weight is 343 g/mol. The van der Waals surface area contributed by atoms with Gasteiger partial charge in [0.05, 0.1) is 17.7 Å². The van der Waals surface area contributed by atoms with E-state index >= 15 is 0 Å². The Kier molecular flexibility index (Phi) is 5.18. The Morgan fingerprint density at radius 1 is 1.52 bits per heavy atom. The Hall–Kier alpha value is -2.61. The minimum Gasteiger partial charge on any atom is -0.477 e. The molecule has 0 bridgehead atoms. The fraction of sp³-hybridized carbons (Fsp3) is 0.471. The highest BCUT2D eigenvalue weighted by Gasteiger charge is 2.20. The van der Waals surface area contributed by atoms with Crippen LogP contribution in [0.15, 0.2) is 23.7 Å². The van der Waals surface area contributed by atoms with Gasteiger partial charge in [-0.3, -0.25) is 0 Å². The molecule has 3 heterocycles. The number of likely N-dealkylation sites (N-methyl/N-ethyl adjacent to an activating group) is 1. The minimum atomic E-state index is 0.396. The fourth-order valence-electron chi connectivity index (χ4n) is 3.01. The smallest absolute Gasteiger partial charge is 0.232 e. The van der Waals surface area contributed by atoms with Gasteiger partial charge in [0, 0.05) is 30.7 Å². The van der Waals surface area contributed by atoms with Crippen molar-refractivity contribution in [3.8, 4) is 5.88 Å². The number of nitrogens with zero attached hydrogens (tertiary/aromatic N) is 3. The third-order valence-corrected chi connectivity index (χ3v) is 4.27. The summed E-state index contributed by atoms with van der Waals surface area (Å²) in [6.45, 7) is 6.50. The number of rotatable bonds is 7.